The van der Waals surface area contributed by atoms with Crippen LogP contribution in [0.2, 0.25) is 0 Å². The molecule has 4 heteroatoms. The highest BCUT2D eigenvalue weighted by Gasteiger charge is 2.10. The van der Waals surface area contributed by atoms with Crippen molar-refractivity contribution in [1.29, 1.82) is 0 Å². The van der Waals surface area contributed by atoms with Gasteiger partial charge in [-0.05, 0) is 31.2 Å². The molecule has 2 rings (SSSR count). The van der Waals surface area contributed by atoms with Gasteiger partial charge in [-0.2, -0.15) is 0 Å². The first-order valence-electron chi connectivity index (χ1n) is 7.08. The normalized spacial score (nSPS) is 12.1. The number of hydrogen-bond donors (Lipinski definition) is 2. The average molecular weight is 289 g/mol. The lowest BCUT2D eigenvalue weighted by Crippen LogP contribution is -2.24. The number of aliphatic hydroxyl groups is 1. The molecular formula is C17H20FNO2. The lowest BCUT2D eigenvalue weighted by Gasteiger charge is -2.13. The number of ether oxygens (including phenoxy) is 1. The highest BCUT2D eigenvalue weighted by atomic mass is 19.1. The average Bonchev–Trinajstić information content (AvgIpc) is 2.52. The summed E-state index contributed by atoms with van der Waals surface area (Å²) in [5.41, 5.74) is 0.325. The molecule has 1 unspecified atom stereocenters. The fourth-order valence-corrected chi connectivity index (χ4v) is 2.00. The molecule has 0 amide bonds. The van der Waals surface area contributed by atoms with Gasteiger partial charge in [0.25, 0.3) is 0 Å². The molecule has 0 bridgehead atoms. The number of para-hydroxylation sites is 1. The minimum Gasteiger partial charge on any atom is -0.494 e. The van der Waals surface area contributed by atoms with E-state index < -0.39 is 6.10 Å². The first-order chi connectivity index (χ1) is 10.3. The molecule has 0 aliphatic carbocycles. The summed E-state index contributed by atoms with van der Waals surface area (Å²) in [6, 6.07) is 15.9. The van der Waals surface area contributed by atoms with E-state index in [0.717, 1.165) is 12.2 Å². The lowest BCUT2D eigenvalue weighted by atomic mass is 10.1. The predicted molar refractivity (Wildman–Crippen MR) is 80.8 cm³/mol. The van der Waals surface area contributed by atoms with Gasteiger partial charge in [-0.25, -0.2) is 4.39 Å². The molecule has 0 aliphatic heterocycles. The highest BCUT2D eigenvalue weighted by Crippen LogP contribution is 2.15. The van der Waals surface area contributed by atoms with Crippen LogP contribution in [0.1, 0.15) is 18.1 Å². The molecule has 0 aromatic heterocycles. The topological polar surface area (TPSA) is 41.5 Å². The second-order valence-corrected chi connectivity index (χ2v) is 4.76. The molecule has 0 radical (unpaired) electrons. The van der Waals surface area contributed by atoms with Crippen molar-refractivity contribution in [1.82, 2.24) is 5.32 Å². The van der Waals surface area contributed by atoms with Crippen LogP contribution in [0.5, 0.6) is 5.75 Å². The number of benzene rings is 2. The summed E-state index contributed by atoms with van der Waals surface area (Å²) in [6.07, 6.45) is -0.0138. The fourth-order valence-electron chi connectivity index (χ4n) is 2.00. The summed E-state index contributed by atoms with van der Waals surface area (Å²) >= 11 is 0. The molecule has 21 heavy (non-hydrogen) atoms. The number of aliphatic hydroxyl groups excluding tert-OH is 1. The number of halogens is 1. The van der Waals surface area contributed by atoms with Gasteiger partial charge in [0, 0.05) is 12.1 Å². The molecule has 3 nitrogen and oxygen atoms in total. The third-order valence-electron chi connectivity index (χ3n) is 3.11. The van der Waals surface area contributed by atoms with Gasteiger partial charge < -0.3 is 15.2 Å². The molecule has 2 aromatic rings. The second-order valence-electron chi connectivity index (χ2n) is 4.76. The van der Waals surface area contributed by atoms with Crippen LogP contribution in [-0.2, 0) is 0 Å². The van der Waals surface area contributed by atoms with Gasteiger partial charge >= 0.3 is 0 Å². The Morgan fingerprint density at radius 3 is 2.52 bits per heavy atom. The fraction of sp³-hybridized carbons (Fsp3) is 0.294. The minimum atomic E-state index is -0.832. The largest absolute Gasteiger partial charge is 0.494 e. The minimum absolute atomic E-state index is 0.325. The van der Waals surface area contributed by atoms with Crippen molar-refractivity contribution in [2.45, 2.75) is 12.5 Å². The van der Waals surface area contributed by atoms with E-state index in [2.05, 4.69) is 5.32 Å². The smallest absolute Gasteiger partial charge is 0.129 e. The molecule has 1 atom stereocenters. The Kier molecular flexibility index (Phi) is 6.19. The van der Waals surface area contributed by atoms with Crippen molar-refractivity contribution in [2.24, 2.45) is 0 Å². The van der Waals surface area contributed by atoms with Gasteiger partial charge in [-0.15, -0.1) is 0 Å². The van der Waals surface area contributed by atoms with Crippen LogP contribution in [0.25, 0.3) is 0 Å². The van der Waals surface area contributed by atoms with Gasteiger partial charge in [0.05, 0.1) is 12.7 Å². The summed E-state index contributed by atoms with van der Waals surface area (Å²) in [5, 5.41) is 13.0. The van der Waals surface area contributed by atoms with Crippen LogP contribution in [0, 0.1) is 5.82 Å². The monoisotopic (exact) mass is 289 g/mol. The SMILES string of the molecule is OC(CNCCCOc1ccccc1)c1ccccc1F. The number of nitrogens with one attached hydrogen (secondary N) is 1. The van der Waals surface area contributed by atoms with E-state index in [1.54, 1.807) is 18.2 Å². The summed E-state index contributed by atoms with van der Waals surface area (Å²) in [6.45, 7) is 1.64. The Hall–Kier alpha value is -1.91. The van der Waals surface area contributed by atoms with E-state index in [-0.39, 0.29) is 5.82 Å². The third-order valence-corrected chi connectivity index (χ3v) is 3.11. The quantitative estimate of drug-likeness (QED) is 0.734. The van der Waals surface area contributed by atoms with E-state index in [1.165, 1.54) is 6.07 Å². The second kappa shape index (κ2) is 8.39. The van der Waals surface area contributed by atoms with Crippen LogP contribution >= 0.6 is 0 Å². The van der Waals surface area contributed by atoms with Crippen LogP contribution in [0.3, 0.4) is 0 Å². The summed E-state index contributed by atoms with van der Waals surface area (Å²) in [4.78, 5) is 0. The molecule has 112 valence electrons. The maximum atomic E-state index is 13.4. The van der Waals surface area contributed by atoms with E-state index in [9.17, 15) is 9.50 Å². The van der Waals surface area contributed by atoms with Gasteiger partial charge in [-0.3, -0.25) is 0 Å². The first-order valence-corrected chi connectivity index (χ1v) is 7.08. The van der Waals surface area contributed by atoms with Crippen LogP contribution in [0.4, 0.5) is 4.39 Å². The van der Waals surface area contributed by atoms with E-state index in [4.69, 9.17) is 4.74 Å². The van der Waals surface area contributed by atoms with Gasteiger partial charge in [0.1, 0.15) is 11.6 Å². The van der Waals surface area contributed by atoms with E-state index >= 15 is 0 Å². The molecule has 0 aliphatic rings. The van der Waals surface area contributed by atoms with Crippen molar-refractivity contribution < 1.29 is 14.2 Å². The Bertz CT molecular complexity index is 533. The molecular weight excluding hydrogens is 269 g/mol. The van der Waals surface area contributed by atoms with Crippen LogP contribution in [0.15, 0.2) is 54.6 Å². The molecule has 0 spiro atoms. The summed E-state index contributed by atoms with van der Waals surface area (Å²) in [7, 11) is 0. The zero-order valence-electron chi connectivity index (χ0n) is 11.8. The van der Waals surface area contributed by atoms with E-state index in [1.807, 2.05) is 30.3 Å². The van der Waals surface area contributed by atoms with Gasteiger partial charge in [0.2, 0.25) is 0 Å². The molecule has 0 saturated heterocycles. The van der Waals surface area contributed by atoms with E-state index in [0.29, 0.717) is 25.3 Å². The van der Waals surface area contributed by atoms with Crippen LogP contribution in [-0.4, -0.2) is 24.8 Å². The Labute approximate surface area is 124 Å². The Morgan fingerprint density at radius 1 is 1.05 bits per heavy atom. The molecule has 0 fully saturated rings. The molecule has 0 saturated carbocycles. The van der Waals surface area contributed by atoms with Gasteiger partial charge in [0.15, 0.2) is 0 Å². The van der Waals surface area contributed by atoms with Crippen molar-refractivity contribution >= 4 is 0 Å². The molecule has 0 heterocycles. The Balaban J connectivity index is 1.61. The maximum absolute atomic E-state index is 13.4. The standard InChI is InChI=1S/C17H20FNO2/c18-16-10-5-4-9-15(16)17(20)13-19-11-6-12-21-14-7-2-1-3-8-14/h1-5,7-10,17,19-20H,6,11-13H2. The number of hydrogen-bond acceptors (Lipinski definition) is 3. The zero-order chi connectivity index (χ0) is 14.9. The van der Waals surface area contributed by atoms with Crippen molar-refractivity contribution in [3.05, 3.63) is 66.0 Å². The van der Waals surface area contributed by atoms with Crippen molar-refractivity contribution in [3.63, 3.8) is 0 Å². The zero-order valence-corrected chi connectivity index (χ0v) is 11.8. The van der Waals surface area contributed by atoms with Crippen molar-refractivity contribution in [2.75, 3.05) is 19.7 Å². The first kappa shape index (κ1) is 15.5. The lowest BCUT2D eigenvalue weighted by molar-refractivity contribution is 0.169. The summed E-state index contributed by atoms with van der Waals surface area (Å²) < 4.78 is 19.0. The van der Waals surface area contributed by atoms with Gasteiger partial charge in [-0.1, -0.05) is 36.4 Å². The summed E-state index contributed by atoms with van der Waals surface area (Å²) in [5.74, 6) is 0.475. The Morgan fingerprint density at radius 2 is 1.76 bits per heavy atom. The maximum Gasteiger partial charge on any atom is 0.129 e. The molecule has 2 N–H and O–H groups in total. The molecule has 2 aromatic carbocycles. The third kappa shape index (κ3) is 5.17. The van der Waals surface area contributed by atoms with Crippen LogP contribution < -0.4 is 10.1 Å². The number of rotatable bonds is 8. The van der Waals surface area contributed by atoms with Crippen molar-refractivity contribution in [3.8, 4) is 5.75 Å². The predicted octanol–water partition coefficient (Wildman–Crippen LogP) is 2.92. The highest BCUT2D eigenvalue weighted by molar-refractivity contribution is 5.21.